The fourth-order valence-electron chi connectivity index (χ4n) is 3.76. The lowest BCUT2D eigenvalue weighted by Gasteiger charge is -2.16. The van der Waals surface area contributed by atoms with Gasteiger partial charge in [-0.2, -0.15) is 0 Å². The number of hydrogen-bond acceptors (Lipinski definition) is 1. The molecule has 1 aromatic heterocycles. The van der Waals surface area contributed by atoms with E-state index in [1.54, 1.807) is 0 Å². The van der Waals surface area contributed by atoms with Crippen molar-refractivity contribution in [2.24, 2.45) is 0 Å². The van der Waals surface area contributed by atoms with Crippen LogP contribution in [0.15, 0.2) is 66.7 Å². The van der Waals surface area contributed by atoms with Gasteiger partial charge >= 0.3 is 0 Å². The van der Waals surface area contributed by atoms with Gasteiger partial charge in [-0.3, -0.25) is 4.90 Å². The van der Waals surface area contributed by atoms with E-state index in [0.717, 1.165) is 19.5 Å². The molecular weight excluding hydrogens is 292 g/mol. The van der Waals surface area contributed by atoms with Crippen LogP contribution in [-0.2, 0) is 13.0 Å². The van der Waals surface area contributed by atoms with Gasteiger partial charge in [0.1, 0.15) is 0 Å². The Hall–Kier alpha value is -2.32. The molecule has 2 nitrogen and oxygen atoms in total. The molecule has 122 valence electrons. The Morgan fingerprint density at radius 2 is 1.62 bits per heavy atom. The Kier molecular flexibility index (Phi) is 4.22. The van der Waals surface area contributed by atoms with E-state index < -0.39 is 0 Å². The molecule has 1 aliphatic heterocycles. The van der Waals surface area contributed by atoms with E-state index in [1.807, 2.05) is 0 Å². The minimum Gasteiger partial charge on any atom is -0.313 e. The summed E-state index contributed by atoms with van der Waals surface area (Å²) in [6.07, 6.45) is 2.37. The highest BCUT2D eigenvalue weighted by molar-refractivity contribution is 5.66. The van der Waals surface area contributed by atoms with Gasteiger partial charge in [-0.05, 0) is 55.3 Å². The lowest BCUT2D eigenvalue weighted by molar-refractivity contribution is 0.284. The third-order valence-corrected chi connectivity index (χ3v) is 5.01. The number of hydrogen-bond donors (Lipinski definition) is 0. The summed E-state index contributed by atoms with van der Waals surface area (Å²) in [5, 5.41) is 0. The second kappa shape index (κ2) is 6.66. The topological polar surface area (TPSA) is 8.17 Å². The van der Waals surface area contributed by atoms with Crippen LogP contribution in [0.4, 0.5) is 0 Å². The first-order valence-electron chi connectivity index (χ1n) is 8.93. The van der Waals surface area contributed by atoms with Crippen LogP contribution in [0.5, 0.6) is 0 Å². The molecule has 0 amide bonds. The number of para-hydroxylation sites is 1. The van der Waals surface area contributed by atoms with Crippen LogP contribution in [-0.4, -0.2) is 22.6 Å². The Morgan fingerprint density at radius 1 is 0.917 bits per heavy atom. The van der Waals surface area contributed by atoms with Gasteiger partial charge in [-0.25, -0.2) is 0 Å². The Bertz CT molecular complexity index is 803. The van der Waals surface area contributed by atoms with Crippen LogP contribution in [0, 0.1) is 0 Å². The number of fused-ring (bicyclic) bond motifs is 1. The molecule has 1 aliphatic rings. The zero-order valence-electron chi connectivity index (χ0n) is 14.3. The molecule has 0 atom stereocenters. The number of rotatable bonds is 3. The first-order chi connectivity index (χ1) is 11.9. The molecule has 0 aliphatic carbocycles. The second-order valence-corrected chi connectivity index (χ2v) is 6.51. The molecule has 0 bridgehead atoms. The second-order valence-electron chi connectivity index (χ2n) is 6.51. The SMILES string of the molecule is CCN1CCCc2c(cc(-c3ccccc3)n2-c2ccccc2)C1. The van der Waals surface area contributed by atoms with Crippen LogP contribution >= 0.6 is 0 Å². The lowest BCUT2D eigenvalue weighted by Crippen LogP contribution is -2.22. The van der Waals surface area contributed by atoms with E-state index in [1.165, 1.54) is 41.2 Å². The molecule has 0 N–H and O–H groups in total. The van der Waals surface area contributed by atoms with Gasteiger partial charge in [-0.15, -0.1) is 0 Å². The molecule has 0 unspecified atom stereocenters. The largest absolute Gasteiger partial charge is 0.313 e. The summed E-state index contributed by atoms with van der Waals surface area (Å²) < 4.78 is 2.48. The fraction of sp³-hybridized carbons (Fsp3) is 0.273. The summed E-state index contributed by atoms with van der Waals surface area (Å²) in [4.78, 5) is 2.55. The quantitative estimate of drug-likeness (QED) is 0.666. The van der Waals surface area contributed by atoms with Crippen LogP contribution in [0.3, 0.4) is 0 Å². The van der Waals surface area contributed by atoms with Crippen molar-refractivity contribution in [1.82, 2.24) is 9.47 Å². The Labute approximate surface area is 144 Å². The van der Waals surface area contributed by atoms with Gasteiger partial charge in [0.15, 0.2) is 0 Å². The molecule has 24 heavy (non-hydrogen) atoms. The van der Waals surface area contributed by atoms with E-state index in [-0.39, 0.29) is 0 Å². The third-order valence-electron chi connectivity index (χ3n) is 5.01. The number of benzene rings is 2. The van der Waals surface area contributed by atoms with Crippen LogP contribution < -0.4 is 0 Å². The van der Waals surface area contributed by atoms with Crippen LogP contribution in [0.25, 0.3) is 16.9 Å². The zero-order chi connectivity index (χ0) is 16.4. The van der Waals surface area contributed by atoms with Crippen molar-refractivity contribution >= 4 is 0 Å². The summed E-state index contributed by atoms with van der Waals surface area (Å²) in [6.45, 7) is 5.64. The predicted octanol–water partition coefficient (Wildman–Crippen LogP) is 4.91. The fourth-order valence-corrected chi connectivity index (χ4v) is 3.76. The molecule has 3 aromatic rings. The number of nitrogens with zero attached hydrogens (tertiary/aromatic N) is 2. The minimum absolute atomic E-state index is 1.06. The van der Waals surface area contributed by atoms with E-state index in [0.29, 0.717) is 0 Å². The van der Waals surface area contributed by atoms with E-state index in [9.17, 15) is 0 Å². The smallest absolute Gasteiger partial charge is 0.0534 e. The summed E-state index contributed by atoms with van der Waals surface area (Å²) in [7, 11) is 0. The van der Waals surface area contributed by atoms with Crippen molar-refractivity contribution in [3.05, 3.63) is 78.0 Å². The predicted molar refractivity (Wildman–Crippen MR) is 100 cm³/mol. The van der Waals surface area contributed by atoms with Crippen molar-refractivity contribution in [2.45, 2.75) is 26.3 Å². The molecule has 0 fully saturated rings. The summed E-state index contributed by atoms with van der Waals surface area (Å²) in [6, 6.07) is 24.0. The van der Waals surface area contributed by atoms with Gasteiger partial charge in [-0.1, -0.05) is 55.5 Å². The Morgan fingerprint density at radius 3 is 2.33 bits per heavy atom. The average molecular weight is 316 g/mol. The first kappa shape index (κ1) is 15.2. The molecule has 2 heteroatoms. The summed E-state index contributed by atoms with van der Waals surface area (Å²) in [5.41, 5.74) is 6.83. The van der Waals surface area contributed by atoms with Crippen LogP contribution in [0.2, 0.25) is 0 Å². The standard InChI is InChI=1S/C22H24N2/c1-2-23-15-9-14-21-19(17-23)16-22(18-10-5-3-6-11-18)24(21)20-12-7-4-8-13-20/h3-8,10-13,16H,2,9,14-15,17H2,1H3. The van der Waals surface area contributed by atoms with Gasteiger partial charge in [0.2, 0.25) is 0 Å². The zero-order valence-corrected chi connectivity index (χ0v) is 14.3. The summed E-state index contributed by atoms with van der Waals surface area (Å²) in [5.74, 6) is 0. The molecule has 2 heterocycles. The monoisotopic (exact) mass is 316 g/mol. The van der Waals surface area contributed by atoms with Crippen molar-refractivity contribution in [3.63, 3.8) is 0 Å². The molecule has 0 saturated carbocycles. The van der Waals surface area contributed by atoms with Gasteiger partial charge < -0.3 is 4.57 Å². The van der Waals surface area contributed by atoms with Crippen molar-refractivity contribution in [1.29, 1.82) is 0 Å². The normalized spacial score (nSPS) is 15.0. The number of aromatic nitrogens is 1. The highest BCUT2D eigenvalue weighted by Crippen LogP contribution is 2.32. The van der Waals surface area contributed by atoms with Gasteiger partial charge in [0, 0.05) is 17.9 Å². The van der Waals surface area contributed by atoms with Crippen LogP contribution in [0.1, 0.15) is 24.6 Å². The molecule has 0 saturated heterocycles. The molecule has 0 spiro atoms. The molecule has 2 aromatic carbocycles. The maximum absolute atomic E-state index is 2.55. The highest BCUT2D eigenvalue weighted by Gasteiger charge is 2.21. The van der Waals surface area contributed by atoms with Crippen molar-refractivity contribution < 1.29 is 0 Å². The lowest BCUT2D eigenvalue weighted by atomic mass is 10.1. The minimum atomic E-state index is 1.06. The molecule has 4 rings (SSSR count). The maximum atomic E-state index is 2.55. The first-order valence-corrected chi connectivity index (χ1v) is 8.93. The molecular formula is C22H24N2. The average Bonchev–Trinajstić information content (AvgIpc) is 2.88. The molecule has 0 radical (unpaired) electrons. The third kappa shape index (κ3) is 2.78. The maximum Gasteiger partial charge on any atom is 0.0534 e. The van der Waals surface area contributed by atoms with E-state index in [2.05, 4.69) is 83.1 Å². The van der Waals surface area contributed by atoms with E-state index in [4.69, 9.17) is 0 Å². The Balaban J connectivity index is 1.91. The highest BCUT2D eigenvalue weighted by atomic mass is 15.1. The van der Waals surface area contributed by atoms with Gasteiger partial charge in [0.25, 0.3) is 0 Å². The van der Waals surface area contributed by atoms with Crippen molar-refractivity contribution in [3.8, 4) is 16.9 Å². The summed E-state index contributed by atoms with van der Waals surface area (Å²) >= 11 is 0. The van der Waals surface area contributed by atoms with E-state index >= 15 is 0 Å². The van der Waals surface area contributed by atoms with Crippen molar-refractivity contribution in [2.75, 3.05) is 13.1 Å². The van der Waals surface area contributed by atoms with Gasteiger partial charge in [0.05, 0.1) is 5.69 Å².